The van der Waals surface area contributed by atoms with E-state index in [9.17, 15) is 0 Å². The molecule has 0 N–H and O–H groups in total. The van der Waals surface area contributed by atoms with Crippen LogP contribution in [0.4, 0.5) is 17.1 Å². The smallest absolute Gasteiger partial charge is 0.259 e. The largest absolute Gasteiger partial charge is 0.307 e. The minimum absolute atomic E-state index is 0.227. The number of amides is 3. The van der Waals surface area contributed by atoms with Gasteiger partial charge in [-0.1, -0.05) is 259 Å². The summed E-state index contributed by atoms with van der Waals surface area (Å²) in [7, 11) is 0. The topological polar surface area (TPSA) is 60.9 Å². The number of hydrogen-bond donors (Lipinski definition) is 0. The number of benzene rings is 9. The van der Waals surface area contributed by atoms with Crippen LogP contribution in [0.15, 0.2) is 218 Å². The Morgan fingerprint density at radius 3 is 0.656 bits per heavy atom. The van der Waals surface area contributed by atoms with Gasteiger partial charge in [-0.15, -0.1) is 0 Å². The number of nitrogens with zero attached hydrogens (tertiary/aromatic N) is 3. The Hall–Kier alpha value is -11.3. The fourth-order valence-electron chi connectivity index (χ4n) is 11.1. The number of anilines is 3. The van der Waals surface area contributed by atoms with E-state index < -0.39 is 17.7 Å². The van der Waals surface area contributed by atoms with E-state index in [0.717, 1.165) is 91.2 Å². The average molecular weight is 1210 g/mol. The van der Waals surface area contributed by atoms with E-state index in [1.807, 2.05) is 218 Å². The lowest BCUT2D eigenvalue weighted by Gasteiger charge is -2.29. The molecule has 0 unspecified atom stereocenters. The quantitative estimate of drug-likeness (QED) is 0.0759. The van der Waals surface area contributed by atoms with Crippen LogP contribution in [0.5, 0.6) is 0 Å². The van der Waals surface area contributed by atoms with Gasteiger partial charge in [-0.05, 0) is 128 Å². The summed E-state index contributed by atoms with van der Waals surface area (Å²) in [6.07, 6.45) is 10.0. The monoisotopic (exact) mass is 1210 g/mol. The second-order valence-electron chi connectivity index (χ2n) is 23.0. The zero-order chi connectivity index (χ0) is 64.4. The van der Waals surface area contributed by atoms with Gasteiger partial charge in [0.1, 0.15) is 0 Å². The van der Waals surface area contributed by atoms with Gasteiger partial charge >= 0.3 is 0 Å². The fourth-order valence-corrected chi connectivity index (χ4v) is 11.1. The molecule has 6 nitrogen and oxygen atoms in total. The van der Waals surface area contributed by atoms with Gasteiger partial charge in [0, 0.05) is 69.7 Å². The van der Waals surface area contributed by atoms with Gasteiger partial charge in [0.05, 0.1) is 50.4 Å². The van der Waals surface area contributed by atoms with Crippen molar-refractivity contribution < 1.29 is 14.4 Å². The highest BCUT2D eigenvalue weighted by Crippen LogP contribution is 2.37. The predicted molar refractivity (Wildman–Crippen MR) is 381 cm³/mol. The number of unbranched alkanes of at least 4 members (excludes halogenated alkanes) is 9. The van der Waals surface area contributed by atoms with Crippen molar-refractivity contribution in [1.82, 2.24) is 0 Å². The molecule has 9 aromatic carbocycles. The standard InChI is InChI=1S/C87H75N3O3/c1-4-7-10-31-58-88-82-64-73(49-46-67-34-19-13-20-35-67)62-80(76(82)55-52-70-40-25-16-26-41-70)86(92)90(60-33-12-9-6-3)84-66-75(51-48-69-38-23-15-24-39-69)63-81(78(84)57-54-72-44-29-18-30-45-72)87(93)89(59-32-11-8-5-2)83-65-74(50-47-68-36-21-14-22-37-68)61-79(85(88)91)77(83)56-53-71-42-27-17-28-43-71/h13-30,34-45,61-66H,4-12,31-33,58-60H2,1-3H3. The Labute approximate surface area is 551 Å². The van der Waals surface area contributed by atoms with Crippen LogP contribution < -0.4 is 14.7 Å². The molecule has 0 saturated heterocycles. The third-order valence-corrected chi connectivity index (χ3v) is 16.0. The van der Waals surface area contributed by atoms with E-state index >= 15 is 14.4 Å². The van der Waals surface area contributed by atoms with Crippen LogP contribution in [0.3, 0.4) is 0 Å². The lowest BCUT2D eigenvalue weighted by atomic mass is 9.95. The Balaban J connectivity index is 1.42. The number of carbonyl (C=O) groups is 3. The molecular formula is C87H75N3O3. The molecule has 6 bridgehead atoms. The van der Waals surface area contributed by atoms with Crippen molar-refractivity contribution in [2.45, 2.75) is 97.8 Å². The van der Waals surface area contributed by atoms with Crippen molar-refractivity contribution in [3.05, 3.63) is 302 Å². The van der Waals surface area contributed by atoms with Crippen LogP contribution in [0, 0.1) is 71.0 Å². The van der Waals surface area contributed by atoms with Gasteiger partial charge in [-0.25, -0.2) is 0 Å². The van der Waals surface area contributed by atoms with Crippen molar-refractivity contribution in [2.75, 3.05) is 34.3 Å². The van der Waals surface area contributed by atoms with Crippen molar-refractivity contribution in [1.29, 1.82) is 0 Å². The highest BCUT2D eigenvalue weighted by atomic mass is 16.2. The van der Waals surface area contributed by atoms with E-state index in [1.165, 1.54) is 0 Å². The van der Waals surface area contributed by atoms with E-state index in [2.05, 4.69) is 91.8 Å². The number of hydrogen-bond acceptors (Lipinski definition) is 3. The van der Waals surface area contributed by atoms with Gasteiger partial charge in [0.15, 0.2) is 0 Å². The Kier molecular flexibility index (Phi) is 23.3. The Morgan fingerprint density at radius 1 is 0.237 bits per heavy atom. The van der Waals surface area contributed by atoms with Crippen LogP contribution in [0.2, 0.25) is 0 Å². The highest BCUT2D eigenvalue weighted by Gasteiger charge is 2.34. The summed E-state index contributed by atoms with van der Waals surface area (Å²) in [6, 6.07) is 69.4. The van der Waals surface area contributed by atoms with Crippen LogP contribution in [-0.4, -0.2) is 37.4 Å². The molecule has 0 atom stereocenters. The molecule has 0 saturated carbocycles. The van der Waals surface area contributed by atoms with E-state index in [-0.39, 0.29) is 36.3 Å². The summed E-state index contributed by atoms with van der Waals surface area (Å²) in [5.74, 6) is 40.3. The molecule has 456 valence electrons. The maximum atomic E-state index is 17.1. The molecule has 0 spiro atoms. The number of carbonyl (C=O) groups excluding carboxylic acids is 3. The van der Waals surface area contributed by atoms with Gasteiger partial charge in [0.2, 0.25) is 0 Å². The SMILES string of the molecule is CCCCCCN1C(=O)c2cc(C#Cc3ccccc3)cc(c2C#Cc2ccccc2)N(CCCCCC)C(=O)c2cc(C#Cc3ccccc3)cc(c2C#Cc2ccccc2)N(CCCCCC)C(=O)c2cc(C#Cc3ccccc3)cc1c2C#Cc1ccccc1. The summed E-state index contributed by atoms with van der Waals surface area (Å²) in [5, 5.41) is 0. The third kappa shape index (κ3) is 17.6. The zero-order valence-electron chi connectivity index (χ0n) is 53.5. The lowest BCUT2D eigenvalue weighted by molar-refractivity contribution is 0.0975. The first kappa shape index (κ1) is 64.7. The highest BCUT2D eigenvalue weighted by molar-refractivity contribution is 6.17. The normalized spacial score (nSPS) is 11.5. The zero-order valence-corrected chi connectivity index (χ0v) is 53.5. The lowest BCUT2D eigenvalue weighted by Crippen LogP contribution is -2.36. The van der Waals surface area contributed by atoms with Crippen molar-refractivity contribution in [3.63, 3.8) is 0 Å². The van der Waals surface area contributed by atoms with E-state index in [4.69, 9.17) is 0 Å². The molecule has 0 fully saturated rings. The molecule has 10 rings (SSSR count). The van der Waals surface area contributed by atoms with Crippen LogP contribution >= 0.6 is 0 Å². The molecule has 93 heavy (non-hydrogen) atoms. The molecule has 1 aliphatic rings. The fraction of sp³-hybridized carbons (Fsp3) is 0.207. The number of fused-ring (bicyclic) bond motifs is 6. The Morgan fingerprint density at radius 2 is 0.441 bits per heavy atom. The summed E-state index contributed by atoms with van der Waals surface area (Å²) < 4.78 is 0. The second-order valence-corrected chi connectivity index (χ2v) is 23.0. The van der Waals surface area contributed by atoms with E-state index in [0.29, 0.717) is 69.7 Å². The minimum atomic E-state index is -0.402. The van der Waals surface area contributed by atoms with Crippen molar-refractivity contribution >= 4 is 34.8 Å². The van der Waals surface area contributed by atoms with Gasteiger partial charge in [-0.3, -0.25) is 14.4 Å². The van der Waals surface area contributed by atoms with Gasteiger partial charge in [-0.2, -0.15) is 0 Å². The second kappa shape index (κ2) is 33.5. The Bertz CT molecular complexity index is 4030. The molecule has 1 aliphatic heterocycles. The van der Waals surface area contributed by atoms with E-state index in [1.54, 1.807) is 14.7 Å². The molecule has 1 heterocycles. The molecule has 0 aliphatic carbocycles. The van der Waals surface area contributed by atoms with Crippen LogP contribution in [0.25, 0.3) is 0 Å². The summed E-state index contributed by atoms with van der Waals surface area (Å²) in [6.45, 7) is 7.22. The summed E-state index contributed by atoms with van der Waals surface area (Å²) in [4.78, 5) is 56.6. The minimum Gasteiger partial charge on any atom is -0.307 e. The molecule has 3 amide bonds. The maximum Gasteiger partial charge on any atom is 0.259 e. The third-order valence-electron chi connectivity index (χ3n) is 16.0. The molecule has 0 radical (unpaired) electrons. The van der Waals surface area contributed by atoms with Crippen molar-refractivity contribution in [2.24, 2.45) is 0 Å². The maximum absolute atomic E-state index is 17.1. The molecule has 6 heteroatoms. The molecule has 9 aromatic rings. The molecular weight excluding hydrogens is 1130 g/mol. The number of rotatable bonds is 15. The first-order valence-electron chi connectivity index (χ1n) is 32.7. The molecule has 0 aromatic heterocycles. The predicted octanol–water partition coefficient (Wildman–Crippen LogP) is 18.1. The summed E-state index contributed by atoms with van der Waals surface area (Å²) >= 11 is 0. The first-order valence-corrected chi connectivity index (χ1v) is 32.7. The van der Waals surface area contributed by atoms with Crippen molar-refractivity contribution in [3.8, 4) is 71.0 Å². The summed E-state index contributed by atoms with van der Waals surface area (Å²) in [5.41, 5.74) is 8.91. The van der Waals surface area contributed by atoms with Gasteiger partial charge in [0.25, 0.3) is 17.7 Å². The van der Waals surface area contributed by atoms with Gasteiger partial charge < -0.3 is 14.7 Å². The average Bonchev–Trinajstić information content (AvgIpc) is 1.69. The van der Waals surface area contributed by atoms with Crippen LogP contribution in [-0.2, 0) is 0 Å². The van der Waals surface area contributed by atoms with Crippen LogP contribution in [0.1, 0.15) is 196 Å². The first-order chi connectivity index (χ1) is 45.8.